The van der Waals surface area contributed by atoms with Crippen LogP contribution in [0.3, 0.4) is 0 Å². The molecule has 0 saturated carbocycles. The summed E-state index contributed by atoms with van der Waals surface area (Å²) in [7, 11) is 2.13. The van der Waals surface area contributed by atoms with Gasteiger partial charge in [0.25, 0.3) is 0 Å². The van der Waals surface area contributed by atoms with Gasteiger partial charge >= 0.3 is 0 Å². The highest BCUT2D eigenvalue weighted by Crippen LogP contribution is 2.21. The van der Waals surface area contributed by atoms with Crippen molar-refractivity contribution in [2.24, 2.45) is 0 Å². The van der Waals surface area contributed by atoms with Gasteiger partial charge in [-0.2, -0.15) is 0 Å². The van der Waals surface area contributed by atoms with Crippen LogP contribution in [0.1, 0.15) is 24.2 Å². The molecule has 17 heavy (non-hydrogen) atoms. The van der Waals surface area contributed by atoms with E-state index >= 15 is 0 Å². The zero-order valence-corrected chi connectivity index (χ0v) is 10.6. The molecule has 0 unspecified atom stereocenters. The van der Waals surface area contributed by atoms with Gasteiger partial charge < -0.3 is 4.90 Å². The molecule has 92 valence electrons. The van der Waals surface area contributed by atoms with Crippen LogP contribution < -0.4 is 4.90 Å². The zero-order chi connectivity index (χ0) is 12.5. The van der Waals surface area contributed by atoms with Gasteiger partial charge in [-0.3, -0.25) is 9.69 Å². The van der Waals surface area contributed by atoms with Gasteiger partial charge in [-0.1, -0.05) is 0 Å². The minimum absolute atomic E-state index is 0.116. The first-order valence-corrected chi connectivity index (χ1v) is 5.76. The summed E-state index contributed by atoms with van der Waals surface area (Å²) < 4.78 is 0. The summed E-state index contributed by atoms with van der Waals surface area (Å²) in [5, 5.41) is 0. The fraction of sp³-hybridized carbons (Fsp3) is 0.583. The Balaban J connectivity index is 2.15. The van der Waals surface area contributed by atoms with E-state index in [4.69, 9.17) is 0 Å². The number of hydrogen-bond donors (Lipinski definition) is 0. The number of aromatic nitrogens is 2. The predicted octanol–water partition coefficient (Wildman–Crippen LogP) is 0.819. The third-order valence-electron chi connectivity index (χ3n) is 3.39. The molecule has 0 aromatic carbocycles. The van der Waals surface area contributed by atoms with Crippen molar-refractivity contribution < 1.29 is 4.79 Å². The van der Waals surface area contributed by atoms with Crippen LogP contribution in [0.15, 0.2) is 12.4 Å². The molecule has 0 N–H and O–H groups in total. The Morgan fingerprint density at radius 2 is 1.94 bits per heavy atom. The average Bonchev–Trinajstić information content (AvgIpc) is 2.33. The van der Waals surface area contributed by atoms with Gasteiger partial charge in [0.1, 0.15) is 0 Å². The molecule has 0 atom stereocenters. The van der Waals surface area contributed by atoms with Crippen molar-refractivity contribution in [1.29, 1.82) is 0 Å². The standard InChI is InChI=1S/C12H18N4O/c1-12(2)9-16(5-4-15(12)3)11-13-6-10(8-17)7-14-11/h6-8H,4-5,9H2,1-3H3. The third-order valence-corrected chi connectivity index (χ3v) is 3.39. The Bertz CT molecular complexity index is 401. The largest absolute Gasteiger partial charge is 0.338 e. The number of carbonyl (C=O) groups is 1. The van der Waals surface area contributed by atoms with E-state index in [1.54, 1.807) is 12.4 Å². The number of piperazine rings is 1. The quantitative estimate of drug-likeness (QED) is 0.709. The normalized spacial score (nSPS) is 20.3. The smallest absolute Gasteiger partial charge is 0.225 e. The second kappa shape index (κ2) is 4.41. The van der Waals surface area contributed by atoms with Crippen LogP contribution in [0.5, 0.6) is 0 Å². The second-order valence-corrected chi connectivity index (χ2v) is 5.09. The summed E-state index contributed by atoms with van der Waals surface area (Å²) in [5.74, 6) is 0.705. The highest BCUT2D eigenvalue weighted by Gasteiger charge is 2.31. The van der Waals surface area contributed by atoms with Gasteiger partial charge in [0.05, 0.1) is 5.56 Å². The lowest BCUT2D eigenvalue weighted by Gasteiger charge is -2.45. The summed E-state index contributed by atoms with van der Waals surface area (Å²) in [6.07, 6.45) is 3.90. The van der Waals surface area contributed by atoms with Crippen molar-refractivity contribution in [3.63, 3.8) is 0 Å². The summed E-state index contributed by atoms with van der Waals surface area (Å²) in [4.78, 5) is 23.5. The fourth-order valence-corrected chi connectivity index (χ4v) is 1.97. The van der Waals surface area contributed by atoms with E-state index in [-0.39, 0.29) is 5.54 Å². The van der Waals surface area contributed by atoms with Gasteiger partial charge in [-0.05, 0) is 20.9 Å². The Morgan fingerprint density at radius 1 is 1.29 bits per heavy atom. The number of anilines is 1. The first-order chi connectivity index (χ1) is 8.03. The topological polar surface area (TPSA) is 49.3 Å². The molecule has 0 bridgehead atoms. The van der Waals surface area contributed by atoms with Crippen molar-refractivity contribution in [3.05, 3.63) is 18.0 Å². The molecule has 1 fully saturated rings. The molecule has 0 amide bonds. The van der Waals surface area contributed by atoms with Crippen LogP contribution in [0.4, 0.5) is 5.95 Å². The van der Waals surface area contributed by atoms with Gasteiger partial charge in [-0.15, -0.1) is 0 Å². The lowest BCUT2D eigenvalue weighted by Crippen LogP contribution is -2.58. The van der Waals surface area contributed by atoms with Gasteiger partial charge in [0.2, 0.25) is 5.95 Å². The van der Waals surface area contributed by atoms with Crippen molar-refractivity contribution in [1.82, 2.24) is 14.9 Å². The molecule has 5 heteroatoms. The van der Waals surface area contributed by atoms with Gasteiger partial charge in [-0.25, -0.2) is 9.97 Å². The minimum Gasteiger partial charge on any atom is -0.338 e. The number of aldehydes is 1. The number of rotatable bonds is 2. The molecule has 1 aromatic rings. The molecule has 1 aromatic heterocycles. The third kappa shape index (κ3) is 2.44. The van der Waals surface area contributed by atoms with Crippen LogP contribution in [-0.4, -0.2) is 53.4 Å². The molecule has 1 saturated heterocycles. The average molecular weight is 234 g/mol. The maximum absolute atomic E-state index is 10.5. The molecule has 0 spiro atoms. The first kappa shape index (κ1) is 12.0. The maximum Gasteiger partial charge on any atom is 0.225 e. The summed E-state index contributed by atoms with van der Waals surface area (Å²) in [5.41, 5.74) is 0.632. The van der Waals surface area contributed by atoms with E-state index in [9.17, 15) is 4.79 Å². The molecule has 0 aliphatic carbocycles. The monoisotopic (exact) mass is 234 g/mol. The lowest BCUT2D eigenvalue weighted by atomic mass is 10.0. The molecule has 2 heterocycles. The van der Waals surface area contributed by atoms with E-state index in [1.165, 1.54) is 0 Å². The zero-order valence-electron chi connectivity index (χ0n) is 10.6. The molecule has 5 nitrogen and oxygen atoms in total. The van der Waals surface area contributed by atoms with Crippen LogP contribution in [-0.2, 0) is 0 Å². The molecular weight excluding hydrogens is 216 g/mol. The summed E-state index contributed by atoms with van der Waals surface area (Å²) in [6, 6.07) is 0. The minimum atomic E-state index is 0.116. The fourth-order valence-electron chi connectivity index (χ4n) is 1.97. The van der Waals surface area contributed by atoms with Crippen LogP contribution in [0.2, 0.25) is 0 Å². The van der Waals surface area contributed by atoms with Crippen LogP contribution in [0.25, 0.3) is 0 Å². The number of carbonyl (C=O) groups excluding carboxylic acids is 1. The molecule has 0 radical (unpaired) electrons. The van der Waals surface area contributed by atoms with E-state index in [0.29, 0.717) is 11.5 Å². The molecule has 1 aliphatic heterocycles. The Morgan fingerprint density at radius 3 is 2.47 bits per heavy atom. The highest BCUT2D eigenvalue weighted by atomic mass is 16.1. The molecular formula is C12H18N4O. The van der Waals surface area contributed by atoms with Crippen LogP contribution in [0, 0.1) is 0 Å². The van der Waals surface area contributed by atoms with Crippen molar-refractivity contribution in [2.45, 2.75) is 19.4 Å². The van der Waals surface area contributed by atoms with Crippen molar-refractivity contribution in [3.8, 4) is 0 Å². The summed E-state index contributed by atoms with van der Waals surface area (Å²) in [6.45, 7) is 7.22. The van der Waals surface area contributed by atoms with E-state index in [0.717, 1.165) is 25.9 Å². The Labute approximate surface area is 101 Å². The lowest BCUT2D eigenvalue weighted by molar-refractivity contribution is 0.112. The van der Waals surface area contributed by atoms with E-state index in [2.05, 4.69) is 40.7 Å². The molecule has 1 aliphatic rings. The Hall–Kier alpha value is -1.49. The van der Waals surface area contributed by atoms with Crippen molar-refractivity contribution >= 4 is 12.2 Å². The SMILES string of the molecule is CN1CCN(c2ncc(C=O)cn2)CC1(C)C. The van der Waals surface area contributed by atoms with Crippen molar-refractivity contribution in [2.75, 3.05) is 31.6 Å². The van der Waals surface area contributed by atoms with E-state index in [1.807, 2.05) is 0 Å². The number of nitrogens with zero attached hydrogens (tertiary/aromatic N) is 4. The first-order valence-electron chi connectivity index (χ1n) is 5.76. The van der Waals surface area contributed by atoms with Crippen LogP contribution >= 0.6 is 0 Å². The van der Waals surface area contributed by atoms with Gasteiger partial charge in [0, 0.05) is 37.6 Å². The van der Waals surface area contributed by atoms with Gasteiger partial charge in [0.15, 0.2) is 6.29 Å². The summed E-state index contributed by atoms with van der Waals surface area (Å²) >= 11 is 0. The number of likely N-dealkylation sites (N-methyl/N-ethyl adjacent to an activating group) is 1. The highest BCUT2D eigenvalue weighted by molar-refractivity contribution is 5.73. The molecule has 2 rings (SSSR count). The second-order valence-electron chi connectivity index (χ2n) is 5.09. The predicted molar refractivity (Wildman–Crippen MR) is 66.3 cm³/mol. The maximum atomic E-state index is 10.5. The Kier molecular flexibility index (Phi) is 3.11. The van der Waals surface area contributed by atoms with E-state index < -0.39 is 0 Å². The number of hydrogen-bond acceptors (Lipinski definition) is 5.